The van der Waals surface area contributed by atoms with Crippen LogP contribution >= 0.6 is 11.8 Å². The number of amides is 1. The van der Waals surface area contributed by atoms with Gasteiger partial charge in [0.25, 0.3) is 0 Å². The maximum absolute atomic E-state index is 12.2. The first kappa shape index (κ1) is 16.5. The van der Waals surface area contributed by atoms with E-state index in [4.69, 9.17) is 0 Å². The van der Waals surface area contributed by atoms with Gasteiger partial charge < -0.3 is 9.88 Å². The molecule has 5 nitrogen and oxygen atoms in total. The maximum atomic E-state index is 12.2. The van der Waals surface area contributed by atoms with Crippen molar-refractivity contribution < 1.29 is 4.79 Å². The number of carbonyl (C=O) groups is 1. The minimum absolute atomic E-state index is 0.0247. The zero-order valence-electron chi connectivity index (χ0n) is 13.7. The summed E-state index contributed by atoms with van der Waals surface area (Å²) in [6.07, 6.45) is 0. The topological polar surface area (TPSA) is 59.8 Å². The molecule has 6 heteroatoms. The zero-order chi connectivity index (χ0) is 16.3. The summed E-state index contributed by atoms with van der Waals surface area (Å²) in [5, 5.41) is 11.9. The normalized spacial score (nSPS) is 10.8. The first-order valence-electron chi connectivity index (χ1n) is 7.32. The molecule has 2 aromatic rings. The van der Waals surface area contributed by atoms with E-state index in [2.05, 4.69) is 34.6 Å². The first-order chi connectivity index (χ1) is 10.4. The maximum Gasteiger partial charge on any atom is 0.234 e. The van der Waals surface area contributed by atoms with Crippen molar-refractivity contribution in [2.45, 2.75) is 46.3 Å². The number of nitrogens with zero attached hydrogens (tertiary/aromatic N) is 3. The molecule has 1 heterocycles. The highest BCUT2D eigenvalue weighted by molar-refractivity contribution is 7.99. The van der Waals surface area contributed by atoms with Gasteiger partial charge in [0.1, 0.15) is 5.82 Å². The molecule has 0 saturated carbocycles. The summed E-state index contributed by atoms with van der Waals surface area (Å²) < 4.78 is 2.00. The van der Waals surface area contributed by atoms with E-state index in [1.54, 1.807) is 0 Å². The van der Waals surface area contributed by atoms with E-state index in [0.717, 1.165) is 34.3 Å². The van der Waals surface area contributed by atoms with Gasteiger partial charge in [0.05, 0.1) is 5.75 Å². The molecule has 0 atom stereocenters. The van der Waals surface area contributed by atoms with Gasteiger partial charge in [0.15, 0.2) is 5.16 Å². The third-order valence-electron chi connectivity index (χ3n) is 3.49. The third kappa shape index (κ3) is 3.68. The molecule has 0 spiro atoms. The summed E-state index contributed by atoms with van der Waals surface area (Å²) >= 11 is 1.41. The van der Waals surface area contributed by atoms with Crippen LogP contribution in [0.5, 0.6) is 0 Å². The number of anilines is 1. The van der Waals surface area contributed by atoms with Gasteiger partial charge in [-0.25, -0.2) is 0 Å². The van der Waals surface area contributed by atoms with Crippen molar-refractivity contribution in [2.75, 3.05) is 11.1 Å². The Hall–Kier alpha value is -1.82. The lowest BCUT2D eigenvalue weighted by Gasteiger charge is -2.12. The van der Waals surface area contributed by atoms with Crippen LogP contribution in [0.25, 0.3) is 0 Å². The Balaban J connectivity index is 2.02. The van der Waals surface area contributed by atoms with Crippen molar-refractivity contribution in [3.63, 3.8) is 0 Å². The quantitative estimate of drug-likeness (QED) is 0.860. The lowest BCUT2D eigenvalue weighted by molar-refractivity contribution is -0.113. The molecule has 0 fully saturated rings. The molecule has 0 aliphatic heterocycles. The van der Waals surface area contributed by atoms with Crippen molar-refractivity contribution in [3.8, 4) is 0 Å². The van der Waals surface area contributed by atoms with E-state index in [9.17, 15) is 4.79 Å². The highest BCUT2D eigenvalue weighted by atomic mass is 32.2. The number of nitrogens with one attached hydrogen (secondary N) is 1. The molecule has 0 aliphatic carbocycles. The van der Waals surface area contributed by atoms with Crippen LogP contribution in [0.2, 0.25) is 0 Å². The van der Waals surface area contributed by atoms with Crippen LogP contribution in [0.1, 0.15) is 29.4 Å². The van der Waals surface area contributed by atoms with Crippen LogP contribution < -0.4 is 5.32 Å². The Bertz CT molecular complexity index is 670. The fraction of sp³-hybridized carbons (Fsp3) is 0.438. The number of hydrogen-bond acceptors (Lipinski definition) is 4. The Morgan fingerprint density at radius 3 is 2.41 bits per heavy atom. The van der Waals surface area contributed by atoms with Crippen molar-refractivity contribution in [2.24, 2.45) is 0 Å². The van der Waals surface area contributed by atoms with Crippen molar-refractivity contribution >= 4 is 23.4 Å². The van der Waals surface area contributed by atoms with Crippen LogP contribution in [0, 0.1) is 27.7 Å². The number of rotatable bonds is 5. The smallest absolute Gasteiger partial charge is 0.234 e. The van der Waals surface area contributed by atoms with Gasteiger partial charge in [0, 0.05) is 12.2 Å². The molecule has 0 bridgehead atoms. The summed E-state index contributed by atoms with van der Waals surface area (Å²) in [7, 11) is 0. The molecule has 0 unspecified atom stereocenters. The van der Waals surface area contributed by atoms with Crippen molar-refractivity contribution in [1.82, 2.24) is 14.8 Å². The van der Waals surface area contributed by atoms with Crippen LogP contribution in [-0.2, 0) is 11.3 Å². The van der Waals surface area contributed by atoms with Gasteiger partial charge >= 0.3 is 0 Å². The predicted molar refractivity (Wildman–Crippen MR) is 90.4 cm³/mol. The second-order valence-electron chi connectivity index (χ2n) is 5.38. The Kier molecular flexibility index (Phi) is 5.24. The van der Waals surface area contributed by atoms with Crippen LogP contribution in [0.15, 0.2) is 17.3 Å². The largest absolute Gasteiger partial charge is 0.325 e. The van der Waals surface area contributed by atoms with E-state index >= 15 is 0 Å². The van der Waals surface area contributed by atoms with Crippen LogP contribution in [0.3, 0.4) is 0 Å². The molecule has 22 heavy (non-hydrogen) atoms. The summed E-state index contributed by atoms with van der Waals surface area (Å²) in [6.45, 7) is 10.8. The minimum Gasteiger partial charge on any atom is -0.325 e. The van der Waals surface area contributed by atoms with Crippen molar-refractivity contribution in [3.05, 3.63) is 34.6 Å². The summed E-state index contributed by atoms with van der Waals surface area (Å²) in [4.78, 5) is 12.2. The van der Waals surface area contributed by atoms with Gasteiger partial charge in [-0.3, -0.25) is 4.79 Å². The van der Waals surface area contributed by atoms with E-state index in [1.807, 2.05) is 32.3 Å². The minimum atomic E-state index is -0.0247. The van der Waals surface area contributed by atoms with Crippen LogP contribution in [0.4, 0.5) is 5.69 Å². The van der Waals surface area contributed by atoms with E-state index < -0.39 is 0 Å². The molecule has 0 aliphatic rings. The molecule has 118 valence electrons. The highest BCUT2D eigenvalue weighted by Gasteiger charge is 2.12. The molecule has 1 aromatic heterocycles. The molecular weight excluding hydrogens is 296 g/mol. The van der Waals surface area contributed by atoms with E-state index in [-0.39, 0.29) is 5.91 Å². The predicted octanol–water partition coefficient (Wildman–Crippen LogP) is 3.26. The SMILES string of the molecule is CCn1c(C)nnc1SCC(=O)Nc1c(C)cc(C)cc1C. The number of carbonyl (C=O) groups excluding carboxylic acids is 1. The lowest BCUT2D eigenvalue weighted by atomic mass is 10.1. The van der Waals surface area contributed by atoms with Gasteiger partial charge in [0.2, 0.25) is 5.91 Å². The first-order valence-corrected chi connectivity index (χ1v) is 8.31. The third-order valence-corrected chi connectivity index (χ3v) is 4.46. The Labute approximate surface area is 135 Å². The fourth-order valence-corrected chi connectivity index (χ4v) is 3.36. The molecule has 0 saturated heterocycles. The number of aryl methyl sites for hydroxylation is 4. The van der Waals surface area contributed by atoms with Gasteiger partial charge in [-0.1, -0.05) is 29.5 Å². The number of benzene rings is 1. The van der Waals surface area contributed by atoms with Gasteiger partial charge in [-0.05, 0) is 45.7 Å². The van der Waals surface area contributed by atoms with Crippen molar-refractivity contribution in [1.29, 1.82) is 0 Å². The monoisotopic (exact) mass is 318 g/mol. The standard InChI is InChI=1S/C16H22N4OS/c1-6-20-13(5)18-19-16(20)22-9-14(21)17-15-11(3)7-10(2)8-12(15)4/h7-8H,6,9H2,1-5H3,(H,17,21). The Morgan fingerprint density at radius 1 is 1.18 bits per heavy atom. The van der Waals surface area contributed by atoms with E-state index in [0.29, 0.717) is 5.75 Å². The average molecular weight is 318 g/mol. The molecule has 2 rings (SSSR count). The fourth-order valence-electron chi connectivity index (χ4n) is 2.52. The summed E-state index contributed by atoms with van der Waals surface area (Å²) in [6, 6.07) is 4.15. The molecule has 1 aromatic carbocycles. The number of thioether (sulfide) groups is 1. The molecule has 1 amide bonds. The highest BCUT2D eigenvalue weighted by Crippen LogP contribution is 2.23. The molecular formula is C16H22N4OS. The second-order valence-corrected chi connectivity index (χ2v) is 6.33. The lowest BCUT2D eigenvalue weighted by Crippen LogP contribution is -2.16. The molecule has 0 radical (unpaired) electrons. The number of aromatic nitrogens is 3. The van der Waals surface area contributed by atoms with E-state index in [1.165, 1.54) is 17.3 Å². The summed E-state index contributed by atoms with van der Waals surface area (Å²) in [5.74, 6) is 1.17. The second kappa shape index (κ2) is 6.96. The van der Waals surface area contributed by atoms with Gasteiger partial charge in [-0.15, -0.1) is 10.2 Å². The molecule has 1 N–H and O–H groups in total. The Morgan fingerprint density at radius 2 is 1.82 bits per heavy atom. The average Bonchev–Trinajstić information content (AvgIpc) is 2.80. The zero-order valence-corrected chi connectivity index (χ0v) is 14.5. The summed E-state index contributed by atoms with van der Waals surface area (Å²) in [5.41, 5.74) is 4.28. The van der Waals surface area contributed by atoms with Gasteiger partial charge in [-0.2, -0.15) is 0 Å². The van der Waals surface area contributed by atoms with Crippen LogP contribution in [-0.4, -0.2) is 26.4 Å². The number of hydrogen-bond donors (Lipinski definition) is 1.